The minimum atomic E-state index is 0.401. The Bertz CT molecular complexity index is 363. The molecule has 19 heavy (non-hydrogen) atoms. The molecule has 1 aromatic rings. The smallest absolute Gasteiger partial charge is 0.0164 e. The van der Waals surface area contributed by atoms with Gasteiger partial charge in [0.25, 0.3) is 0 Å². The number of nitrogens with one attached hydrogen (secondary N) is 1. The van der Waals surface area contributed by atoms with Crippen molar-refractivity contribution in [1.82, 2.24) is 5.32 Å². The summed E-state index contributed by atoms with van der Waals surface area (Å²) in [6, 6.07) is 11.8. The summed E-state index contributed by atoms with van der Waals surface area (Å²) in [5, 5.41) is 3.64. The van der Waals surface area contributed by atoms with Crippen molar-refractivity contribution in [2.24, 2.45) is 5.92 Å². The molecule has 0 aliphatic heterocycles. The van der Waals surface area contributed by atoms with Gasteiger partial charge in [-0.2, -0.15) is 0 Å². The Morgan fingerprint density at radius 2 is 1.74 bits per heavy atom. The van der Waals surface area contributed by atoms with Crippen molar-refractivity contribution in [3.05, 3.63) is 35.9 Å². The van der Waals surface area contributed by atoms with E-state index in [0.29, 0.717) is 11.5 Å². The molecular weight excluding hydrogens is 230 g/mol. The predicted octanol–water partition coefficient (Wildman–Crippen LogP) is 4.52. The summed E-state index contributed by atoms with van der Waals surface area (Å²) in [5.41, 5.74) is 1.95. The van der Waals surface area contributed by atoms with Crippen molar-refractivity contribution in [2.75, 3.05) is 7.05 Å². The van der Waals surface area contributed by atoms with Gasteiger partial charge in [-0.3, -0.25) is 0 Å². The van der Waals surface area contributed by atoms with Crippen LogP contribution in [0, 0.1) is 5.92 Å². The lowest BCUT2D eigenvalue weighted by molar-refractivity contribution is 0.151. The molecule has 1 aliphatic carbocycles. The Balaban J connectivity index is 2.19. The maximum absolute atomic E-state index is 3.64. The van der Waals surface area contributed by atoms with E-state index < -0.39 is 0 Å². The predicted molar refractivity (Wildman–Crippen MR) is 83.5 cm³/mol. The van der Waals surface area contributed by atoms with E-state index in [0.717, 1.165) is 5.92 Å². The summed E-state index contributed by atoms with van der Waals surface area (Å²) >= 11 is 0. The minimum absolute atomic E-state index is 0.401. The molecule has 106 valence electrons. The summed E-state index contributed by atoms with van der Waals surface area (Å²) in [7, 11) is 2.15. The molecule has 0 spiro atoms. The van der Waals surface area contributed by atoms with E-state index in [4.69, 9.17) is 0 Å². The van der Waals surface area contributed by atoms with Crippen LogP contribution in [0.25, 0.3) is 0 Å². The second-order valence-electron chi connectivity index (χ2n) is 6.14. The molecule has 0 bridgehead atoms. The summed E-state index contributed by atoms with van der Waals surface area (Å²) in [5.74, 6) is 0.860. The first-order valence-corrected chi connectivity index (χ1v) is 7.99. The third-order valence-corrected chi connectivity index (χ3v) is 5.33. The number of hydrogen-bond acceptors (Lipinski definition) is 1. The Morgan fingerprint density at radius 1 is 1.11 bits per heavy atom. The van der Waals surface area contributed by atoms with Crippen LogP contribution in [0.15, 0.2) is 30.3 Å². The Morgan fingerprint density at radius 3 is 2.16 bits per heavy atom. The first-order chi connectivity index (χ1) is 9.26. The van der Waals surface area contributed by atoms with Gasteiger partial charge in [0, 0.05) is 11.5 Å². The largest absolute Gasteiger partial charge is 0.316 e. The lowest BCUT2D eigenvalue weighted by Gasteiger charge is -2.49. The zero-order valence-electron chi connectivity index (χ0n) is 12.8. The highest BCUT2D eigenvalue weighted by Gasteiger charge is 2.44. The zero-order valence-corrected chi connectivity index (χ0v) is 12.8. The second-order valence-corrected chi connectivity index (χ2v) is 6.14. The van der Waals surface area contributed by atoms with Gasteiger partial charge in [-0.25, -0.2) is 0 Å². The molecule has 1 N–H and O–H groups in total. The van der Waals surface area contributed by atoms with Crippen molar-refractivity contribution in [3.8, 4) is 0 Å². The normalized spacial score (nSPS) is 19.2. The average molecular weight is 259 g/mol. The van der Waals surface area contributed by atoms with Gasteiger partial charge in [0.05, 0.1) is 0 Å². The highest BCUT2D eigenvalue weighted by Crippen LogP contribution is 2.48. The Labute approximate surface area is 118 Å². The average Bonchev–Trinajstić information content (AvgIpc) is 2.42. The van der Waals surface area contributed by atoms with Crippen LogP contribution in [0.1, 0.15) is 57.9 Å². The maximum Gasteiger partial charge on any atom is 0.0164 e. The molecule has 0 heterocycles. The maximum atomic E-state index is 3.64. The van der Waals surface area contributed by atoms with Crippen molar-refractivity contribution >= 4 is 0 Å². The van der Waals surface area contributed by atoms with Crippen LogP contribution in [0.4, 0.5) is 0 Å². The molecule has 0 amide bonds. The standard InChI is InChI=1S/C18H29N/c1-4-15(5-2)14-17(19-3)18(12-9-13-18)16-10-7-6-8-11-16/h6-8,10-11,15,17,19H,4-5,9,12-14H2,1-3H3. The monoisotopic (exact) mass is 259 g/mol. The quantitative estimate of drug-likeness (QED) is 0.759. The SMILES string of the molecule is CCC(CC)CC(NC)C1(c2ccccc2)CCC1. The molecule has 1 unspecified atom stereocenters. The van der Waals surface area contributed by atoms with Gasteiger partial charge in [0.15, 0.2) is 0 Å². The van der Waals surface area contributed by atoms with E-state index in [9.17, 15) is 0 Å². The molecule has 1 aliphatic rings. The second kappa shape index (κ2) is 6.56. The fourth-order valence-electron chi connectivity index (χ4n) is 3.74. The topological polar surface area (TPSA) is 12.0 Å². The summed E-state index contributed by atoms with van der Waals surface area (Å²) in [4.78, 5) is 0. The van der Waals surface area contributed by atoms with Crippen molar-refractivity contribution < 1.29 is 0 Å². The lowest BCUT2D eigenvalue weighted by Crippen LogP contribution is -2.52. The van der Waals surface area contributed by atoms with Crippen molar-refractivity contribution in [3.63, 3.8) is 0 Å². The summed E-state index contributed by atoms with van der Waals surface area (Å²) < 4.78 is 0. The first-order valence-electron chi connectivity index (χ1n) is 7.99. The highest BCUT2D eigenvalue weighted by atomic mass is 14.9. The van der Waals surface area contributed by atoms with Crippen LogP contribution in [-0.4, -0.2) is 13.1 Å². The van der Waals surface area contributed by atoms with Crippen molar-refractivity contribution in [1.29, 1.82) is 0 Å². The van der Waals surface area contributed by atoms with Crippen LogP contribution < -0.4 is 5.32 Å². The fraction of sp³-hybridized carbons (Fsp3) is 0.667. The van der Waals surface area contributed by atoms with Gasteiger partial charge in [0.1, 0.15) is 0 Å². The van der Waals surface area contributed by atoms with Gasteiger partial charge in [0.2, 0.25) is 0 Å². The van der Waals surface area contributed by atoms with Crippen LogP contribution in [-0.2, 0) is 5.41 Å². The van der Waals surface area contributed by atoms with Crippen LogP contribution in [0.5, 0.6) is 0 Å². The van der Waals surface area contributed by atoms with E-state index in [1.165, 1.54) is 38.5 Å². The molecular formula is C18H29N. The van der Waals surface area contributed by atoms with Gasteiger partial charge >= 0.3 is 0 Å². The molecule has 1 nitrogen and oxygen atoms in total. The van der Waals surface area contributed by atoms with Gasteiger partial charge in [-0.05, 0) is 37.8 Å². The van der Waals surface area contributed by atoms with Gasteiger partial charge < -0.3 is 5.32 Å². The van der Waals surface area contributed by atoms with Crippen LogP contribution in [0.2, 0.25) is 0 Å². The minimum Gasteiger partial charge on any atom is -0.316 e. The molecule has 2 rings (SSSR count). The molecule has 1 atom stereocenters. The highest BCUT2D eigenvalue weighted by molar-refractivity contribution is 5.30. The summed E-state index contributed by atoms with van der Waals surface area (Å²) in [6.07, 6.45) is 8.01. The van der Waals surface area contributed by atoms with Gasteiger partial charge in [-0.15, -0.1) is 0 Å². The van der Waals surface area contributed by atoms with E-state index in [-0.39, 0.29) is 0 Å². The summed E-state index contributed by atoms with van der Waals surface area (Å²) in [6.45, 7) is 4.66. The van der Waals surface area contributed by atoms with E-state index in [2.05, 4.69) is 56.5 Å². The molecule has 1 aromatic carbocycles. The van der Waals surface area contributed by atoms with Crippen molar-refractivity contribution in [2.45, 2.75) is 63.8 Å². The van der Waals surface area contributed by atoms with E-state index >= 15 is 0 Å². The lowest BCUT2D eigenvalue weighted by atomic mass is 9.58. The molecule has 0 aromatic heterocycles. The molecule has 0 saturated heterocycles. The number of likely N-dealkylation sites (N-methyl/N-ethyl adjacent to an activating group) is 1. The third kappa shape index (κ3) is 2.86. The van der Waals surface area contributed by atoms with Crippen LogP contribution >= 0.6 is 0 Å². The molecule has 1 saturated carbocycles. The van der Waals surface area contributed by atoms with Crippen LogP contribution in [0.3, 0.4) is 0 Å². The van der Waals surface area contributed by atoms with E-state index in [1.807, 2.05) is 0 Å². The van der Waals surface area contributed by atoms with E-state index in [1.54, 1.807) is 5.56 Å². The Kier molecular flexibility index (Phi) is 5.04. The first kappa shape index (κ1) is 14.6. The third-order valence-electron chi connectivity index (χ3n) is 5.33. The number of benzene rings is 1. The molecule has 1 fully saturated rings. The molecule has 0 radical (unpaired) electrons. The number of rotatable bonds is 7. The Hall–Kier alpha value is -0.820. The van der Waals surface area contributed by atoms with Gasteiger partial charge in [-0.1, -0.05) is 63.4 Å². The fourth-order valence-corrected chi connectivity index (χ4v) is 3.74. The molecule has 1 heteroatoms. The number of hydrogen-bond donors (Lipinski definition) is 1. The zero-order chi connectivity index (χ0) is 13.7.